The van der Waals surface area contributed by atoms with E-state index in [4.69, 9.17) is 5.11 Å². The first-order valence-corrected chi connectivity index (χ1v) is 7.02. The molecule has 0 saturated heterocycles. The minimum Gasteiger partial charge on any atom is -0.481 e. The fourth-order valence-electron chi connectivity index (χ4n) is 1.34. The molecule has 1 aromatic rings. The molecule has 1 heterocycles. The first kappa shape index (κ1) is 13.6. The molecule has 0 bridgehead atoms. The van der Waals surface area contributed by atoms with Gasteiger partial charge in [0.15, 0.2) is 0 Å². The van der Waals surface area contributed by atoms with Gasteiger partial charge in [0.05, 0.1) is 22.3 Å². The number of carboxylic acid groups (broad SMARTS) is 1. The summed E-state index contributed by atoms with van der Waals surface area (Å²) in [5.41, 5.74) is 2.12. The van der Waals surface area contributed by atoms with Crippen molar-refractivity contribution >= 4 is 33.7 Å². The predicted molar refractivity (Wildman–Crippen MR) is 68.8 cm³/mol. The van der Waals surface area contributed by atoms with Crippen LogP contribution in [0.5, 0.6) is 0 Å². The van der Waals surface area contributed by atoms with Gasteiger partial charge in [0, 0.05) is 18.1 Å². The van der Waals surface area contributed by atoms with Crippen molar-refractivity contribution in [2.45, 2.75) is 32.6 Å². The zero-order valence-corrected chi connectivity index (χ0v) is 11.8. The van der Waals surface area contributed by atoms with Gasteiger partial charge in [-0.15, -0.1) is 0 Å². The smallest absolute Gasteiger partial charge is 0.304 e. The molecule has 0 spiro atoms. The van der Waals surface area contributed by atoms with Crippen molar-refractivity contribution in [1.82, 2.24) is 9.78 Å². The standard InChI is InChI=1S/C10H15BrN2O2S/c1-3-13-8(10(11)7(2)12-13)6-16-5-4-9(14)15/h3-6H2,1-2H3,(H,14,15). The largest absolute Gasteiger partial charge is 0.481 e. The average Bonchev–Trinajstić information content (AvgIpc) is 2.50. The molecule has 4 nitrogen and oxygen atoms in total. The van der Waals surface area contributed by atoms with Gasteiger partial charge in [-0.1, -0.05) is 0 Å². The van der Waals surface area contributed by atoms with Crippen LogP contribution < -0.4 is 0 Å². The summed E-state index contributed by atoms with van der Waals surface area (Å²) in [6.45, 7) is 4.84. The first-order chi connectivity index (χ1) is 7.56. The Bertz CT molecular complexity index is 379. The van der Waals surface area contributed by atoms with Crippen molar-refractivity contribution < 1.29 is 9.90 Å². The molecule has 90 valence electrons. The molecule has 0 aliphatic carbocycles. The van der Waals surface area contributed by atoms with E-state index in [1.165, 1.54) is 0 Å². The topological polar surface area (TPSA) is 55.1 Å². The maximum absolute atomic E-state index is 10.4. The highest BCUT2D eigenvalue weighted by Gasteiger charge is 2.11. The van der Waals surface area contributed by atoms with Crippen LogP contribution in [0.4, 0.5) is 0 Å². The molecule has 0 radical (unpaired) electrons. The Labute approximate surface area is 108 Å². The molecule has 1 N–H and O–H groups in total. The van der Waals surface area contributed by atoms with Crippen molar-refractivity contribution in [3.63, 3.8) is 0 Å². The second-order valence-corrected chi connectivity index (χ2v) is 5.26. The van der Waals surface area contributed by atoms with E-state index < -0.39 is 5.97 Å². The fourth-order valence-corrected chi connectivity index (χ4v) is 2.89. The average molecular weight is 307 g/mol. The molecular formula is C10H15BrN2O2S. The van der Waals surface area contributed by atoms with Gasteiger partial charge in [0.2, 0.25) is 0 Å². The Morgan fingerprint density at radius 3 is 2.88 bits per heavy atom. The molecule has 1 rings (SSSR count). The first-order valence-electron chi connectivity index (χ1n) is 5.07. The van der Waals surface area contributed by atoms with E-state index in [-0.39, 0.29) is 6.42 Å². The maximum Gasteiger partial charge on any atom is 0.304 e. The number of aromatic nitrogens is 2. The summed E-state index contributed by atoms with van der Waals surface area (Å²) in [5.74, 6) is 0.685. The van der Waals surface area contributed by atoms with Crippen LogP contribution in [0.1, 0.15) is 24.7 Å². The number of aryl methyl sites for hydroxylation is 2. The van der Waals surface area contributed by atoms with Crippen molar-refractivity contribution in [3.8, 4) is 0 Å². The number of carboxylic acids is 1. The Morgan fingerprint density at radius 2 is 2.31 bits per heavy atom. The van der Waals surface area contributed by atoms with E-state index in [2.05, 4.69) is 21.0 Å². The van der Waals surface area contributed by atoms with Gasteiger partial charge in [-0.25, -0.2) is 0 Å². The van der Waals surface area contributed by atoms with E-state index in [0.717, 1.165) is 28.2 Å². The summed E-state index contributed by atoms with van der Waals surface area (Å²) >= 11 is 5.13. The summed E-state index contributed by atoms with van der Waals surface area (Å²) in [6.07, 6.45) is 0.210. The molecule has 0 fully saturated rings. The number of thioether (sulfide) groups is 1. The van der Waals surface area contributed by atoms with Gasteiger partial charge >= 0.3 is 5.97 Å². The lowest BCUT2D eigenvalue weighted by molar-refractivity contribution is -0.136. The number of hydrogen-bond donors (Lipinski definition) is 1. The van der Waals surface area contributed by atoms with Crippen LogP contribution in [0, 0.1) is 6.92 Å². The van der Waals surface area contributed by atoms with Crippen molar-refractivity contribution in [3.05, 3.63) is 15.9 Å². The van der Waals surface area contributed by atoms with Gasteiger partial charge in [0.25, 0.3) is 0 Å². The lowest BCUT2D eigenvalue weighted by Crippen LogP contribution is -2.02. The Balaban J connectivity index is 2.55. The Kier molecular flexibility index (Phi) is 5.34. The number of aliphatic carboxylic acids is 1. The Hall–Kier alpha value is -0.490. The lowest BCUT2D eigenvalue weighted by Gasteiger charge is -2.04. The molecule has 0 aliphatic heterocycles. The zero-order chi connectivity index (χ0) is 12.1. The molecular weight excluding hydrogens is 292 g/mol. The van der Waals surface area contributed by atoms with Crippen molar-refractivity contribution in [1.29, 1.82) is 0 Å². The molecule has 0 saturated carbocycles. The van der Waals surface area contributed by atoms with Gasteiger partial charge in [-0.3, -0.25) is 9.48 Å². The quantitative estimate of drug-likeness (QED) is 0.821. The molecule has 0 aliphatic rings. The summed E-state index contributed by atoms with van der Waals surface area (Å²) in [5, 5.41) is 12.9. The minimum atomic E-state index is -0.744. The molecule has 0 aromatic carbocycles. The molecule has 0 amide bonds. The lowest BCUT2D eigenvalue weighted by atomic mass is 10.4. The fraction of sp³-hybridized carbons (Fsp3) is 0.600. The van der Waals surface area contributed by atoms with Gasteiger partial charge in [-0.05, 0) is 29.8 Å². The number of halogens is 1. The highest BCUT2D eigenvalue weighted by molar-refractivity contribution is 9.10. The SMILES string of the molecule is CCn1nc(C)c(Br)c1CSCCC(=O)O. The van der Waals surface area contributed by atoms with Crippen LogP contribution >= 0.6 is 27.7 Å². The molecule has 16 heavy (non-hydrogen) atoms. The number of carbonyl (C=O) groups is 1. The van der Waals surface area contributed by atoms with Crippen molar-refractivity contribution in [2.75, 3.05) is 5.75 Å². The van der Waals surface area contributed by atoms with E-state index in [9.17, 15) is 4.79 Å². The van der Waals surface area contributed by atoms with E-state index >= 15 is 0 Å². The van der Waals surface area contributed by atoms with Crippen LogP contribution in [-0.4, -0.2) is 26.6 Å². The molecule has 0 atom stereocenters. The van der Waals surface area contributed by atoms with E-state index in [1.807, 2.05) is 18.5 Å². The van der Waals surface area contributed by atoms with Crippen LogP contribution in [-0.2, 0) is 17.1 Å². The summed E-state index contributed by atoms with van der Waals surface area (Å²) in [7, 11) is 0. The molecule has 0 unspecified atom stereocenters. The summed E-state index contributed by atoms with van der Waals surface area (Å²) < 4.78 is 2.99. The monoisotopic (exact) mass is 306 g/mol. The molecule has 1 aromatic heterocycles. The van der Waals surface area contributed by atoms with Gasteiger partial charge in [-0.2, -0.15) is 16.9 Å². The minimum absolute atomic E-state index is 0.210. The third-order valence-corrected chi connectivity index (χ3v) is 4.15. The summed E-state index contributed by atoms with van der Waals surface area (Å²) in [4.78, 5) is 10.4. The zero-order valence-electron chi connectivity index (χ0n) is 9.36. The number of nitrogens with zero attached hydrogens (tertiary/aromatic N) is 2. The third-order valence-electron chi connectivity index (χ3n) is 2.15. The van der Waals surface area contributed by atoms with Crippen LogP contribution in [0.25, 0.3) is 0 Å². The maximum atomic E-state index is 10.4. The van der Waals surface area contributed by atoms with Gasteiger partial charge in [0.1, 0.15) is 0 Å². The Morgan fingerprint density at radius 1 is 1.62 bits per heavy atom. The highest BCUT2D eigenvalue weighted by atomic mass is 79.9. The van der Waals surface area contributed by atoms with Crippen LogP contribution in [0.3, 0.4) is 0 Å². The van der Waals surface area contributed by atoms with Crippen LogP contribution in [0.15, 0.2) is 4.47 Å². The highest BCUT2D eigenvalue weighted by Crippen LogP contribution is 2.25. The molecule has 6 heteroatoms. The third kappa shape index (κ3) is 3.52. The van der Waals surface area contributed by atoms with Crippen molar-refractivity contribution in [2.24, 2.45) is 0 Å². The second kappa shape index (κ2) is 6.30. The predicted octanol–water partition coefficient (Wildman–Crippen LogP) is 2.68. The number of hydrogen-bond acceptors (Lipinski definition) is 3. The second-order valence-electron chi connectivity index (χ2n) is 3.36. The van der Waals surface area contributed by atoms with E-state index in [1.54, 1.807) is 11.8 Å². The van der Waals surface area contributed by atoms with Crippen LogP contribution in [0.2, 0.25) is 0 Å². The number of rotatable bonds is 6. The summed E-state index contributed by atoms with van der Waals surface area (Å²) in [6, 6.07) is 0. The van der Waals surface area contributed by atoms with Gasteiger partial charge < -0.3 is 5.11 Å². The van der Waals surface area contributed by atoms with E-state index in [0.29, 0.717) is 5.75 Å². The normalized spacial score (nSPS) is 10.7.